The molecule has 34 heavy (non-hydrogen) atoms. The van der Waals surface area contributed by atoms with Gasteiger partial charge < -0.3 is 14.7 Å². The molecule has 0 aliphatic carbocycles. The van der Waals surface area contributed by atoms with Gasteiger partial charge in [-0.1, -0.05) is 51.1 Å². The molecule has 180 valence electrons. The van der Waals surface area contributed by atoms with E-state index in [1.54, 1.807) is 6.07 Å². The van der Waals surface area contributed by atoms with Crippen molar-refractivity contribution in [2.75, 3.05) is 23.7 Å². The van der Waals surface area contributed by atoms with Gasteiger partial charge >= 0.3 is 6.03 Å². The van der Waals surface area contributed by atoms with Crippen LogP contribution in [0.4, 0.5) is 16.3 Å². The maximum absolute atomic E-state index is 12.3. The normalized spacial score (nSPS) is 16.5. The third-order valence-electron chi connectivity index (χ3n) is 6.43. The highest BCUT2D eigenvalue weighted by molar-refractivity contribution is 5.99. The minimum absolute atomic E-state index is 0.168. The van der Waals surface area contributed by atoms with Crippen LogP contribution in [0.3, 0.4) is 0 Å². The van der Waals surface area contributed by atoms with Crippen LogP contribution in [0, 0.1) is 0 Å². The van der Waals surface area contributed by atoms with Crippen LogP contribution in [-0.4, -0.2) is 40.2 Å². The smallest absolute Gasteiger partial charge is 0.324 e. The van der Waals surface area contributed by atoms with E-state index in [1.807, 2.05) is 51.2 Å². The van der Waals surface area contributed by atoms with Gasteiger partial charge in [-0.05, 0) is 62.5 Å². The van der Waals surface area contributed by atoms with Crippen LogP contribution >= 0.6 is 0 Å². The molecule has 1 fully saturated rings. The fourth-order valence-corrected chi connectivity index (χ4v) is 4.41. The molecule has 4 rings (SSSR count). The van der Waals surface area contributed by atoms with E-state index in [4.69, 9.17) is 4.52 Å². The van der Waals surface area contributed by atoms with Gasteiger partial charge in [0.05, 0.1) is 0 Å². The second kappa shape index (κ2) is 10.4. The van der Waals surface area contributed by atoms with Crippen LogP contribution in [0.5, 0.6) is 0 Å². The van der Waals surface area contributed by atoms with E-state index >= 15 is 0 Å². The molecule has 1 aliphatic rings. The highest BCUT2D eigenvalue weighted by atomic mass is 16.5. The highest BCUT2D eigenvalue weighted by Crippen LogP contribution is 2.25. The highest BCUT2D eigenvalue weighted by Gasteiger charge is 2.22. The van der Waals surface area contributed by atoms with Gasteiger partial charge in [0.2, 0.25) is 0 Å². The van der Waals surface area contributed by atoms with Crippen LogP contribution in [0.1, 0.15) is 58.4 Å². The standard InChI is InChI=1S/C27H35N5O2/c1-5-32-16-6-7-23(32)15-14-21-11-10-20(18-28-21)19-8-12-22(13-9-19)29-26(33)30-25-17-24(34-31-25)27(2,3)4/h8-13,17-18,23H,5-7,14-16H2,1-4H3,(H2,29,30,31,33). The molecule has 3 aromatic rings. The summed E-state index contributed by atoms with van der Waals surface area (Å²) >= 11 is 0. The van der Waals surface area contributed by atoms with Crippen molar-refractivity contribution < 1.29 is 9.32 Å². The van der Waals surface area contributed by atoms with E-state index in [9.17, 15) is 4.79 Å². The van der Waals surface area contributed by atoms with Gasteiger partial charge in [0, 0.05) is 40.7 Å². The summed E-state index contributed by atoms with van der Waals surface area (Å²) in [6.45, 7) is 10.7. The molecule has 0 spiro atoms. The summed E-state index contributed by atoms with van der Waals surface area (Å²) in [5.41, 5.74) is 3.79. The molecular formula is C27H35N5O2. The number of carbonyl (C=O) groups excluding carboxylic acids is 1. The number of carbonyl (C=O) groups is 1. The van der Waals surface area contributed by atoms with Gasteiger partial charge in [0.15, 0.2) is 5.82 Å². The van der Waals surface area contributed by atoms with Crippen LogP contribution in [0.25, 0.3) is 11.1 Å². The van der Waals surface area contributed by atoms with E-state index in [0.29, 0.717) is 23.3 Å². The molecular weight excluding hydrogens is 426 g/mol. The number of urea groups is 1. The first-order valence-corrected chi connectivity index (χ1v) is 12.2. The van der Waals surface area contributed by atoms with Crippen molar-refractivity contribution in [3.05, 3.63) is 60.1 Å². The average Bonchev–Trinajstić information content (AvgIpc) is 3.48. The molecule has 1 aromatic carbocycles. The number of anilines is 2. The Bertz CT molecular complexity index is 1080. The first-order chi connectivity index (χ1) is 16.3. The number of amides is 2. The van der Waals surface area contributed by atoms with Gasteiger partial charge in [-0.3, -0.25) is 10.3 Å². The number of aryl methyl sites for hydroxylation is 1. The number of aromatic nitrogens is 2. The van der Waals surface area contributed by atoms with Crippen molar-refractivity contribution in [3.8, 4) is 11.1 Å². The maximum Gasteiger partial charge on any atom is 0.324 e. The molecule has 2 N–H and O–H groups in total. The van der Waals surface area contributed by atoms with Crippen molar-refractivity contribution in [1.29, 1.82) is 0 Å². The minimum Gasteiger partial charge on any atom is -0.359 e. The number of hydrogen-bond acceptors (Lipinski definition) is 5. The summed E-state index contributed by atoms with van der Waals surface area (Å²) in [5.74, 6) is 1.11. The Morgan fingerprint density at radius 1 is 1.12 bits per heavy atom. The molecule has 1 unspecified atom stereocenters. The lowest BCUT2D eigenvalue weighted by atomic mass is 9.93. The first-order valence-electron chi connectivity index (χ1n) is 12.2. The van der Waals surface area contributed by atoms with E-state index in [2.05, 4.69) is 44.7 Å². The molecule has 2 aromatic heterocycles. The van der Waals surface area contributed by atoms with Crippen molar-refractivity contribution in [1.82, 2.24) is 15.0 Å². The van der Waals surface area contributed by atoms with Crippen molar-refractivity contribution in [3.63, 3.8) is 0 Å². The molecule has 7 nitrogen and oxygen atoms in total. The van der Waals surface area contributed by atoms with Crippen molar-refractivity contribution >= 4 is 17.5 Å². The predicted molar refractivity (Wildman–Crippen MR) is 136 cm³/mol. The lowest BCUT2D eigenvalue weighted by Crippen LogP contribution is -2.29. The van der Waals surface area contributed by atoms with Crippen LogP contribution in [-0.2, 0) is 11.8 Å². The fourth-order valence-electron chi connectivity index (χ4n) is 4.41. The second-order valence-electron chi connectivity index (χ2n) is 9.98. The van der Waals surface area contributed by atoms with Crippen LogP contribution in [0.2, 0.25) is 0 Å². The third kappa shape index (κ3) is 6.03. The van der Waals surface area contributed by atoms with Gasteiger partial charge in [0.1, 0.15) is 5.76 Å². The van der Waals surface area contributed by atoms with Crippen molar-refractivity contribution in [2.45, 2.75) is 64.8 Å². The number of nitrogens with one attached hydrogen (secondary N) is 2. The van der Waals surface area contributed by atoms with Gasteiger partial charge in [-0.2, -0.15) is 0 Å². The number of benzene rings is 1. The summed E-state index contributed by atoms with van der Waals surface area (Å²) in [6.07, 6.45) is 6.75. The number of hydrogen-bond donors (Lipinski definition) is 2. The monoisotopic (exact) mass is 461 g/mol. The van der Waals surface area contributed by atoms with Gasteiger partial charge in [0.25, 0.3) is 0 Å². The van der Waals surface area contributed by atoms with E-state index in [1.165, 1.54) is 25.8 Å². The Morgan fingerprint density at radius 2 is 1.88 bits per heavy atom. The van der Waals surface area contributed by atoms with Gasteiger partial charge in [-0.25, -0.2) is 4.79 Å². The van der Waals surface area contributed by atoms with Crippen LogP contribution < -0.4 is 10.6 Å². The maximum atomic E-state index is 12.3. The summed E-state index contributed by atoms with van der Waals surface area (Å²) in [6, 6.07) is 14.1. The Labute approximate surface area is 201 Å². The van der Waals surface area contributed by atoms with E-state index < -0.39 is 0 Å². The number of likely N-dealkylation sites (tertiary alicyclic amines) is 1. The minimum atomic E-state index is -0.364. The number of rotatable bonds is 7. The lowest BCUT2D eigenvalue weighted by Gasteiger charge is -2.22. The fraction of sp³-hybridized carbons (Fsp3) is 0.444. The zero-order valence-electron chi connectivity index (χ0n) is 20.6. The molecule has 0 bridgehead atoms. The molecule has 7 heteroatoms. The van der Waals surface area contributed by atoms with Crippen LogP contribution in [0.15, 0.2) is 53.2 Å². The third-order valence-corrected chi connectivity index (χ3v) is 6.43. The summed E-state index contributed by atoms with van der Waals surface area (Å²) in [5, 5.41) is 9.44. The second-order valence-corrected chi connectivity index (χ2v) is 9.98. The zero-order valence-corrected chi connectivity index (χ0v) is 20.6. The Kier molecular flexibility index (Phi) is 7.32. The summed E-state index contributed by atoms with van der Waals surface area (Å²) in [4.78, 5) is 19.6. The lowest BCUT2D eigenvalue weighted by molar-refractivity contribution is 0.255. The zero-order chi connectivity index (χ0) is 24.1. The molecule has 0 radical (unpaired) electrons. The van der Waals surface area contributed by atoms with Crippen molar-refractivity contribution in [2.24, 2.45) is 0 Å². The van der Waals surface area contributed by atoms with E-state index in [0.717, 1.165) is 29.8 Å². The number of pyridine rings is 1. The molecule has 1 atom stereocenters. The molecule has 2 amide bonds. The SMILES string of the molecule is CCN1CCCC1CCc1ccc(-c2ccc(NC(=O)Nc3cc(C(C)(C)C)on3)cc2)cn1. The molecule has 1 aliphatic heterocycles. The Hall–Kier alpha value is -3.19. The largest absolute Gasteiger partial charge is 0.359 e. The summed E-state index contributed by atoms with van der Waals surface area (Å²) in [7, 11) is 0. The quantitative estimate of drug-likeness (QED) is 0.444. The Balaban J connectivity index is 1.29. The van der Waals surface area contributed by atoms with E-state index in [-0.39, 0.29) is 11.4 Å². The predicted octanol–water partition coefficient (Wildman–Crippen LogP) is 6.10. The molecule has 0 saturated carbocycles. The molecule has 3 heterocycles. The first kappa shape index (κ1) is 24.0. The topological polar surface area (TPSA) is 83.3 Å². The summed E-state index contributed by atoms with van der Waals surface area (Å²) < 4.78 is 5.30. The van der Waals surface area contributed by atoms with Gasteiger partial charge in [-0.15, -0.1) is 0 Å². The number of nitrogens with zero attached hydrogens (tertiary/aromatic N) is 3. The average molecular weight is 462 g/mol. The molecule has 1 saturated heterocycles. The Morgan fingerprint density at radius 3 is 2.53 bits per heavy atom.